The van der Waals surface area contributed by atoms with Crippen molar-refractivity contribution < 1.29 is 9.32 Å². The highest BCUT2D eigenvalue weighted by molar-refractivity contribution is 5.96. The molecule has 1 atom stereocenters. The van der Waals surface area contributed by atoms with Crippen molar-refractivity contribution in [3.05, 3.63) is 47.6 Å². The predicted molar refractivity (Wildman–Crippen MR) is 77.8 cm³/mol. The quantitative estimate of drug-likeness (QED) is 0.808. The molecule has 5 heteroatoms. The molecule has 0 aromatic carbocycles. The Kier molecular flexibility index (Phi) is 4.10. The van der Waals surface area contributed by atoms with Crippen molar-refractivity contribution in [2.75, 3.05) is 13.1 Å². The largest absolute Gasteiger partial charge is 0.360 e. The van der Waals surface area contributed by atoms with E-state index in [1.165, 1.54) is 0 Å². The number of aryl methyl sites for hydroxylation is 1. The number of Topliss-reactive ketones (excluding diaryl/α,β-unsaturated/α-hetero) is 1. The van der Waals surface area contributed by atoms with Gasteiger partial charge in [-0.25, -0.2) is 0 Å². The maximum Gasteiger partial charge on any atom is 0.185 e. The molecule has 1 saturated heterocycles. The molecule has 0 amide bonds. The van der Waals surface area contributed by atoms with Gasteiger partial charge in [-0.1, -0.05) is 11.2 Å². The van der Waals surface area contributed by atoms with E-state index < -0.39 is 0 Å². The standard InChI is InChI=1S/C16H19N3O2/c1-12-9-14(21-18-12)11-19-8-4-5-13(10-19)16(20)15-6-2-3-7-17-15/h2-3,6-7,9,13H,4-5,8,10-11H2,1H3/t13-/m0/s1. The first-order valence-electron chi connectivity index (χ1n) is 7.32. The Hall–Kier alpha value is -2.01. The van der Waals surface area contributed by atoms with E-state index in [0.29, 0.717) is 12.2 Å². The molecule has 3 rings (SSSR count). The summed E-state index contributed by atoms with van der Waals surface area (Å²) >= 11 is 0. The van der Waals surface area contributed by atoms with Gasteiger partial charge in [0.2, 0.25) is 0 Å². The minimum absolute atomic E-state index is 0.0256. The Bertz CT molecular complexity index is 609. The lowest BCUT2D eigenvalue weighted by Gasteiger charge is -2.30. The van der Waals surface area contributed by atoms with E-state index in [0.717, 1.165) is 37.4 Å². The molecular formula is C16H19N3O2. The first-order chi connectivity index (χ1) is 10.2. The van der Waals surface area contributed by atoms with Gasteiger partial charge < -0.3 is 4.52 Å². The van der Waals surface area contributed by atoms with E-state index in [9.17, 15) is 4.79 Å². The van der Waals surface area contributed by atoms with E-state index in [-0.39, 0.29) is 11.7 Å². The third-order valence-corrected chi connectivity index (χ3v) is 3.85. The number of ketones is 1. The molecule has 0 saturated carbocycles. The first kappa shape index (κ1) is 13.9. The van der Waals surface area contributed by atoms with Crippen LogP contribution >= 0.6 is 0 Å². The van der Waals surface area contributed by atoms with Gasteiger partial charge in [0.1, 0.15) is 5.69 Å². The van der Waals surface area contributed by atoms with E-state index in [2.05, 4.69) is 15.0 Å². The van der Waals surface area contributed by atoms with E-state index in [1.807, 2.05) is 25.1 Å². The summed E-state index contributed by atoms with van der Waals surface area (Å²) in [6, 6.07) is 7.43. The topological polar surface area (TPSA) is 59.2 Å². The highest BCUT2D eigenvalue weighted by atomic mass is 16.5. The Morgan fingerprint density at radius 2 is 2.38 bits per heavy atom. The predicted octanol–water partition coefficient (Wildman–Crippen LogP) is 2.47. The highest BCUT2D eigenvalue weighted by Gasteiger charge is 2.27. The summed E-state index contributed by atoms with van der Waals surface area (Å²) in [4.78, 5) is 18.9. The molecule has 5 nitrogen and oxygen atoms in total. The smallest absolute Gasteiger partial charge is 0.185 e. The third-order valence-electron chi connectivity index (χ3n) is 3.85. The fourth-order valence-electron chi connectivity index (χ4n) is 2.84. The van der Waals surface area contributed by atoms with Gasteiger partial charge in [0, 0.05) is 24.7 Å². The minimum atomic E-state index is 0.0256. The SMILES string of the molecule is Cc1cc(CN2CCC[C@H](C(=O)c3ccccn3)C2)on1. The maximum absolute atomic E-state index is 12.5. The molecule has 1 fully saturated rings. The van der Waals surface area contributed by atoms with E-state index in [4.69, 9.17) is 4.52 Å². The van der Waals surface area contributed by atoms with Crippen LogP contribution in [-0.4, -0.2) is 33.9 Å². The zero-order valence-corrected chi connectivity index (χ0v) is 12.2. The summed E-state index contributed by atoms with van der Waals surface area (Å²) in [5.41, 5.74) is 1.46. The number of likely N-dealkylation sites (tertiary alicyclic amines) is 1. The number of nitrogens with zero attached hydrogens (tertiary/aromatic N) is 3. The minimum Gasteiger partial charge on any atom is -0.360 e. The molecule has 0 radical (unpaired) electrons. The van der Waals surface area contributed by atoms with Crippen LogP contribution in [0.15, 0.2) is 35.0 Å². The van der Waals surface area contributed by atoms with Crippen molar-refractivity contribution in [1.29, 1.82) is 0 Å². The normalized spacial score (nSPS) is 19.6. The Balaban J connectivity index is 1.64. The zero-order valence-electron chi connectivity index (χ0n) is 12.2. The van der Waals surface area contributed by atoms with Gasteiger partial charge in [0.15, 0.2) is 11.5 Å². The lowest BCUT2D eigenvalue weighted by atomic mass is 9.92. The van der Waals surface area contributed by atoms with Crippen LogP contribution in [0.5, 0.6) is 0 Å². The average Bonchev–Trinajstić information content (AvgIpc) is 2.93. The van der Waals surface area contributed by atoms with Gasteiger partial charge in [0.25, 0.3) is 0 Å². The molecule has 1 aliphatic rings. The van der Waals surface area contributed by atoms with Crippen molar-refractivity contribution in [2.24, 2.45) is 5.92 Å². The molecular weight excluding hydrogens is 266 g/mol. The highest BCUT2D eigenvalue weighted by Crippen LogP contribution is 2.21. The second kappa shape index (κ2) is 6.18. The van der Waals surface area contributed by atoms with Gasteiger partial charge in [-0.2, -0.15) is 0 Å². The van der Waals surface area contributed by atoms with Gasteiger partial charge in [-0.15, -0.1) is 0 Å². The molecule has 0 aliphatic carbocycles. The third kappa shape index (κ3) is 3.36. The summed E-state index contributed by atoms with van der Waals surface area (Å²) in [6.45, 7) is 4.38. The van der Waals surface area contributed by atoms with E-state index in [1.54, 1.807) is 12.3 Å². The monoisotopic (exact) mass is 285 g/mol. The molecule has 0 N–H and O–H groups in total. The van der Waals surface area contributed by atoms with Crippen LogP contribution in [0.2, 0.25) is 0 Å². The van der Waals surface area contributed by atoms with Crippen molar-refractivity contribution in [3.8, 4) is 0 Å². The molecule has 3 heterocycles. The average molecular weight is 285 g/mol. The van der Waals surface area contributed by atoms with Crippen LogP contribution in [-0.2, 0) is 6.54 Å². The van der Waals surface area contributed by atoms with E-state index >= 15 is 0 Å². The summed E-state index contributed by atoms with van der Waals surface area (Å²) in [7, 11) is 0. The van der Waals surface area contributed by atoms with Crippen molar-refractivity contribution in [3.63, 3.8) is 0 Å². The second-order valence-electron chi connectivity index (χ2n) is 5.59. The first-order valence-corrected chi connectivity index (χ1v) is 7.32. The molecule has 21 heavy (non-hydrogen) atoms. The lowest BCUT2D eigenvalue weighted by molar-refractivity contribution is 0.0794. The fourth-order valence-corrected chi connectivity index (χ4v) is 2.84. The zero-order chi connectivity index (χ0) is 14.7. The summed E-state index contributed by atoms with van der Waals surface area (Å²) in [6.07, 6.45) is 3.63. The Morgan fingerprint density at radius 3 is 3.10 bits per heavy atom. The van der Waals surface area contributed by atoms with Gasteiger partial charge in [-0.05, 0) is 38.4 Å². The molecule has 1 aliphatic heterocycles. The van der Waals surface area contributed by atoms with Crippen LogP contribution in [0.1, 0.15) is 34.8 Å². The van der Waals surface area contributed by atoms with Gasteiger partial charge in [-0.3, -0.25) is 14.7 Å². The fraction of sp³-hybridized carbons (Fsp3) is 0.438. The molecule has 0 unspecified atom stereocenters. The molecule has 110 valence electrons. The van der Waals surface area contributed by atoms with Crippen molar-refractivity contribution >= 4 is 5.78 Å². The summed E-state index contributed by atoms with van der Waals surface area (Å²) < 4.78 is 5.26. The van der Waals surface area contributed by atoms with Gasteiger partial charge in [0.05, 0.1) is 12.2 Å². The number of hydrogen-bond donors (Lipinski definition) is 0. The molecule has 2 aromatic rings. The summed E-state index contributed by atoms with van der Waals surface area (Å²) in [5, 5.41) is 3.91. The number of piperidine rings is 1. The number of carbonyl (C=O) groups excluding carboxylic acids is 1. The molecule has 2 aromatic heterocycles. The molecule has 0 spiro atoms. The second-order valence-corrected chi connectivity index (χ2v) is 5.59. The van der Waals surface area contributed by atoms with Crippen LogP contribution in [0.3, 0.4) is 0 Å². The molecule has 0 bridgehead atoms. The number of rotatable bonds is 4. The van der Waals surface area contributed by atoms with Crippen LogP contribution in [0, 0.1) is 12.8 Å². The van der Waals surface area contributed by atoms with Crippen molar-refractivity contribution in [1.82, 2.24) is 15.0 Å². The Labute approximate surface area is 124 Å². The number of hydrogen-bond acceptors (Lipinski definition) is 5. The lowest BCUT2D eigenvalue weighted by Crippen LogP contribution is -2.38. The Morgan fingerprint density at radius 1 is 1.48 bits per heavy atom. The van der Waals surface area contributed by atoms with Gasteiger partial charge >= 0.3 is 0 Å². The van der Waals surface area contributed by atoms with Crippen molar-refractivity contribution in [2.45, 2.75) is 26.3 Å². The maximum atomic E-state index is 12.5. The number of aromatic nitrogens is 2. The summed E-state index contributed by atoms with van der Waals surface area (Å²) in [5.74, 6) is 1.03. The van der Waals surface area contributed by atoms with Crippen LogP contribution in [0.25, 0.3) is 0 Å². The van der Waals surface area contributed by atoms with Crippen LogP contribution < -0.4 is 0 Å². The number of carbonyl (C=O) groups is 1. The van der Waals surface area contributed by atoms with Crippen LogP contribution in [0.4, 0.5) is 0 Å². The number of pyridine rings is 1.